The Morgan fingerprint density at radius 1 is 1.08 bits per heavy atom. The summed E-state index contributed by atoms with van der Waals surface area (Å²) in [7, 11) is 5.46. The number of methoxy groups -OCH3 is 1. The molecule has 2 aromatic rings. The smallest absolute Gasteiger partial charge is 0.193 e. The number of rotatable bonds is 7. The molecule has 2 aromatic carbocycles. The molecule has 0 aromatic heterocycles. The first-order valence-corrected chi connectivity index (χ1v) is 7.96. The van der Waals surface area contributed by atoms with Gasteiger partial charge in [0.05, 0.1) is 13.7 Å². The molecule has 0 amide bonds. The maximum atomic E-state index is 5.68. The Balaban J connectivity index is 0.00000312. The Morgan fingerprint density at radius 2 is 1.76 bits per heavy atom. The van der Waals surface area contributed by atoms with E-state index >= 15 is 0 Å². The fourth-order valence-electron chi connectivity index (χ4n) is 2.40. The maximum Gasteiger partial charge on any atom is 0.193 e. The number of guanidine groups is 1. The Hall–Kier alpha value is -1.96. The van der Waals surface area contributed by atoms with Crippen LogP contribution in [-0.2, 0) is 6.54 Å². The van der Waals surface area contributed by atoms with Gasteiger partial charge < -0.3 is 19.7 Å². The van der Waals surface area contributed by atoms with Gasteiger partial charge >= 0.3 is 0 Å². The van der Waals surface area contributed by atoms with Gasteiger partial charge in [0.15, 0.2) is 5.96 Å². The molecule has 136 valence electrons. The van der Waals surface area contributed by atoms with Crippen LogP contribution in [0.15, 0.2) is 59.6 Å². The van der Waals surface area contributed by atoms with E-state index in [0.29, 0.717) is 19.7 Å². The number of aliphatic imine (C=N–C) groups is 1. The van der Waals surface area contributed by atoms with Gasteiger partial charge in [0.25, 0.3) is 0 Å². The van der Waals surface area contributed by atoms with E-state index in [9.17, 15) is 0 Å². The molecule has 1 N–H and O–H groups in total. The van der Waals surface area contributed by atoms with Crippen molar-refractivity contribution >= 4 is 29.9 Å². The van der Waals surface area contributed by atoms with E-state index in [2.05, 4.69) is 21.3 Å². The number of benzene rings is 2. The molecule has 0 aliphatic carbocycles. The van der Waals surface area contributed by atoms with Crippen LogP contribution in [0.5, 0.6) is 11.5 Å². The number of ether oxygens (including phenoxy) is 2. The van der Waals surface area contributed by atoms with Crippen LogP contribution in [0.3, 0.4) is 0 Å². The summed E-state index contributed by atoms with van der Waals surface area (Å²) in [5, 5.41) is 3.31. The first kappa shape index (κ1) is 21.1. The lowest BCUT2D eigenvalue weighted by atomic mass is 10.2. The standard InChI is InChI=1S/C19H25N3O2.HI/c1-20-19(21-13-14-24-17-10-5-4-6-11-17)22(2)15-16-9-7-8-12-18(16)23-3;/h4-12H,13-15H2,1-3H3,(H,20,21);1H. The average Bonchev–Trinajstić information content (AvgIpc) is 2.63. The van der Waals surface area contributed by atoms with E-state index in [4.69, 9.17) is 9.47 Å². The topological polar surface area (TPSA) is 46.1 Å². The zero-order valence-corrected chi connectivity index (χ0v) is 17.3. The molecule has 0 fully saturated rings. The second-order valence-corrected chi connectivity index (χ2v) is 5.30. The van der Waals surface area contributed by atoms with E-state index in [1.807, 2.05) is 55.6 Å². The summed E-state index contributed by atoms with van der Waals surface area (Å²) >= 11 is 0. The van der Waals surface area contributed by atoms with Crippen molar-refractivity contribution in [2.75, 3.05) is 34.4 Å². The summed E-state index contributed by atoms with van der Waals surface area (Å²) in [6.07, 6.45) is 0. The highest BCUT2D eigenvalue weighted by Gasteiger charge is 2.09. The van der Waals surface area contributed by atoms with Crippen LogP contribution in [0, 0.1) is 0 Å². The molecule has 0 atom stereocenters. The summed E-state index contributed by atoms with van der Waals surface area (Å²) in [4.78, 5) is 6.38. The molecular formula is C19H26IN3O2. The van der Waals surface area contributed by atoms with Crippen molar-refractivity contribution in [2.45, 2.75) is 6.54 Å². The zero-order chi connectivity index (χ0) is 17.2. The van der Waals surface area contributed by atoms with Crippen LogP contribution in [0.25, 0.3) is 0 Å². The molecule has 2 rings (SSSR count). The first-order chi connectivity index (χ1) is 11.7. The van der Waals surface area contributed by atoms with E-state index < -0.39 is 0 Å². The van der Waals surface area contributed by atoms with Gasteiger partial charge in [0, 0.05) is 26.2 Å². The monoisotopic (exact) mass is 455 g/mol. The summed E-state index contributed by atoms with van der Waals surface area (Å²) in [5.74, 6) is 2.57. The van der Waals surface area contributed by atoms with Crippen molar-refractivity contribution in [3.8, 4) is 11.5 Å². The molecule has 0 saturated heterocycles. The van der Waals surface area contributed by atoms with E-state index in [0.717, 1.165) is 23.0 Å². The van der Waals surface area contributed by atoms with E-state index in [1.54, 1.807) is 14.2 Å². The Labute approximate surface area is 167 Å². The minimum atomic E-state index is 0. The van der Waals surface area contributed by atoms with Crippen LogP contribution in [0.4, 0.5) is 0 Å². The lowest BCUT2D eigenvalue weighted by Gasteiger charge is -2.23. The summed E-state index contributed by atoms with van der Waals surface area (Å²) in [6, 6.07) is 17.8. The number of hydrogen-bond donors (Lipinski definition) is 1. The van der Waals surface area contributed by atoms with Crippen LogP contribution in [0.1, 0.15) is 5.56 Å². The molecule has 6 heteroatoms. The third-order valence-electron chi connectivity index (χ3n) is 3.57. The third-order valence-corrected chi connectivity index (χ3v) is 3.57. The minimum Gasteiger partial charge on any atom is -0.496 e. The van der Waals surface area contributed by atoms with Gasteiger partial charge in [-0.2, -0.15) is 0 Å². The van der Waals surface area contributed by atoms with Crippen LogP contribution < -0.4 is 14.8 Å². The molecule has 0 aliphatic heterocycles. The predicted octanol–water partition coefficient (Wildman–Crippen LogP) is 3.40. The number of halogens is 1. The molecule has 5 nitrogen and oxygen atoms in total. The molecule has 0 heterocycles. The van der Waals surface area contributed by atoms with E-state index in [1.165, 1.54) is 0 Å². The summed E-state index contributed by atoms with van der Waals surface area (Å²) in [5.41, 5.74) is 1.12. The number of para-hydroxylation sites is 2. The van der Waals surface area contributed by atoms with Gasteiger partial charge in [-0.05, 0) is 18.2 Å². The summed E-state index contributed by atoms with van der Waals surface area (Å²) < 4.78 is 11.1. The van der Waals surface area contributed by atoms with Crippen LogP contribution in [-0.4, -0.2) is 45.2 Å². The Morgan fingerprint density at radius 3 is 2.44 bits per heavy atom. The minimum absolute atomic E-state index is 0. The lowest BCUT2D eigenvalue weighted by Crippen LogP contribution is -2.40. The quantitative estimate of drug-likeness (QED) is 0.301. The SMILES string of the molecule is CN=C(NCCOc1ccccc1)N(C)Cc1ccccc1OC.I. The number of nitrogens with zero attached hydrogens (tertiary/aromatic N) is 2. The van der Waals surface area contributed by atoms with Gasteiger partial charge in [-0.15, -0.1) is 24.0 Å². The number of nitrogens with one attached hydrogen (secondary N) is 1. The Bertz CT molecular complexity index is 650. The van der Waals surface area contributed by atoms with E-state index in [-0.39, 0.29) is 24.0 Å². The second kappa shape index (κ2) is 11.6. The third kappa shape index (κ3) is 6.81. The van der Waals surface area contributed by atoms with Crippen molar-refractivity contribution in [3.05, 3.63) is 60.2 Å². The molecule has 0 spiro atoms. The largest absolute Gasteiger partial charge is 0.496 e. The lowest BCUT2D eigenvalue weighted by molar-refractivity contribution is 0.319. The first-order valence-electron chi connectivity index (χ1n) is 7.96. The van der Waals surface area contributed by atoms with Crippen LogP contribution in [0.2, 0.25) is 0 Å². The van der Waals surface area contributed by atoms with Gasteiger partial charge in [-0.1, -0.05) is 36.4 Å². The van der Waals surface area contributed by atoms with Crippen LogP contribution >= 0.6 is 24.0 Å². The van der Waals surface area contributed by atoms with Crippen molar-refractivity contribution in [1.29, 1.82) is 0 Å². The fourth-order valence-corrected chi connectivity index (χ4v) is 2.40. The summed E-state index contributed by atoms with van der Waals surface area (Å²) in [6.45, 7) is 1.96. The van der Waals surface area contributed by atoms with Gasteiger partial charge in [-0.25, -0.2) is 0 Å². The maximum absolute atomic E-state index is 5.68. The Kier molecular flexibility index (Phi) is 9.76. The molecule has 0 bridgehead atoms. The predicted molar refractivity (Wildman–Crippen MR) is 113 cm³/mol. The molecule has 0 unspecified atom stereocenters. The average molecular weight is 455 g/mol. The van der Waals surface area contributed by atoms with Gasteiger partial charge in [0.2, 0.25) is 0 Å². The second-order valence-electron chi connectivity index (χ2n) is 5.30. The van der Waals surface area contributed by atoms with Gasteiger partial charge in [0.1, 0.15) is 18.1 Å². The highest BCUT2D eigenvalue weighted by atomic mass is 127. The molecular weight excluding hydrogens is 429 g/mol. The normalized spacial score (nSPS) is 10.6. The highest BCUT2D eigenvalue weighted by Crippen LogP contribution is 2.18. The molecule has 25 heavy (non-hydrogen) atoms. The molecule has 0 saturated carbocycles. The van der Waals surface area contributed by atoms with Crippen molar-refractivity contribution < 1.29 is 9.47 Å². The van der Waals surface area contributed by atoms with Crippen molar-refractivity contribution in [3.63, 3.8) is 0 Å². The molecule has 0 aliphatic rings. The van der Waals surface area contributed by atoms with Crippen molar-refractivity contribution in [1.82, 2.24) is 10.2 Å². The fraction of sp³-hybridized carbons (Fsp3) is 0.316. The molecule has 0 radical (unpaired) electrons. The highest BCUT2D eigenvalue weighted by molar-refractivity contribution is 14.0. The zero-order valence-electron chi connectivity index (χ0n) is 14.9. The van der Waals surface area contributed by atoms with Crippen molar-refractivity contribution in [2.24, 2.45) is 4.99 Å². The number of hydrogen-bond acceptors (Lipinski definition) is 3. The van der Waals surface area contributed by atoms with Gasteiger partial charge in [-0.3, -0.25) is 4.99 Å².